The number of nitrogens with zero attached hydrogens (tertiary/aromatic N) is 2. The summed E-state index contributed by atoms with van der Waals surface area (Å²) < 4.78 is 0. The van der Waals surface area contributed by atoms with Crippen molar-refractivity contribution in [2.45, 2.75) is 26.2 Å². The molecule has 0 fully saturated rings. The van der Waals surface area contributed by atoms with Gasteiger partial charge in [-0.2, -0.15) is 0 Å². The van der Waals surface area contributed by atoms with Crippen LogP contribution in [0.15, 0.2) is 24.4 Å². The highest BCUT2D eigenvalue weighted by atomic mass is 16.2. The first-order chi connectivity index (χ1) is 8.24. The van der Waals surface area contributed by atoms with E-state index in [4.69, 9.17) is 5.73 Å². The Kier molecular flexibility index (Phi) is 5.63. The zero-order valence-corrected chi connectivity index (χ0v) is 10.6. The second-order valence-electron chi connectivity index (χ2n) is 3.90. The lowest BCUT2D eigenvalue weighted by molar-refractivity contribution is -0.132. The predicted molar refractivity (Wildman–Crippen MR) is 68.6 cm³/mol. The number of amides is 1. The van der Waals surface area contributed by atoms with E-state index in [1.165, 1.54) is 0 Å². The second-order valence-corrected chi connectivity index (χ2v) is 3.90. The number of hydrogen-bond acceptors (Lipinski definition) is 3. The molecule has 1 unspecified atom stereocenters. The lowest BCUT2D eigenvalue weighted by atomic mass is 9.99. The zero-order chi connectivity index (χ0) is 12.7. The van der Waals surface area contributed by atoms with Crippen LogP contribution in [0.1, 0.15) is 31.9 Å². The molecule has 17 heavy (non-hydrogen) atoms. The molecule has 0 spiro atoms. The molecule has 0 saturated heterocycles. The molecule has 1 amide bonds. The monoisotopic (exact) mass is 235 g/mol. The Morgan fingerprint density at radius 1 is 1.41 bits per heavy atom. The van der Waals surface area contributed by atoms with Crippen molar-refractivity contribution in [3.63, 3.8) is 0 Å². The summed E-state index contributed by atoms with van der Waals surface area (Å²) in [7, 11) is 0. The minimum Gasteiger partial charge on any atom is -0.343 e. The third-order valence-corrected chi connectivity index (χ3v) is 2.87. The Morgan fingerprint density at radius 2 is 2.12 bits per heavy atom. The van der Waals surface area contributed by atoms with E-state index in [-0.39, 0.29) is 11.8 Å². The van der Waals surface area contributed by atoms with Crippen LogP contribution in [0.3, 0.4) is 0 Å². The highest BCUT2D eigenvalue weighted by molar-refractivity contribution is 5.83. The van der Waals surface area contributed by atoms with Gasteiger partial charge in [0.05, 0.1) is 11.6 Å². The highest BCUT2D eigenvalue weighted by Crippen LogP contribution is 2.19. The standard InChI is InChI=1S/C13H21N3O/c1-3-16(4-2)13(17)11(8-9-14)12-7-5-6-10-15-12/h5-7,10-11H,3-4,8-9,14H2,1-2H3. The molecule has 0 aliphatic heterocycles. The van der Waals surface area contributed by atoms with Gasteiger partial charge in [-0.25, -0.2) is 0 Å². The summed E-state index contributed by atoms with van der Waals surface area (Å²) in [6, 6.07) is 5.65. The normalized spacial score (nSPS) is 12.2. The van der Waals surface area contributed by atoms with Crippen LogP contribution >= 0.6 is 0 Å². The number of carbonyl (C=O) groups is 1. The molecule has 1 aromatic rings. The van der Waals surface area contributed by atoms with E-state index in [0.29, 0.717) is 13.0 Å². The smallest absolute Gasteiger partial charge is 0.231 e. The van der Waals surface area contributed by atoms with E-state index < -0.39 is 0 Å². The van der Waals surface area contributed by atoms with Crippen molar-refractivity contribution in [1.82, 2.24) is 9.88 Å². The van der Waals surface area contributed by atoms with E-state index in [0.717, 1.165) is 18.8 Å². The van der Waals surface area contributed by atoms with Crippen molar-refractivity contribution >= 4 is 5.91 Å². The lowest BCUT2D eigenvalue weighted by Crippen LogP contribution is -2.36. The summed E-state index contributed by atoms with van der Waals surface area (Å²) in [6.45, 7) is 5.92. The summed E-state index contributed by atoms with van der Waals surface area (Å²) in [5.74, 6) is -0.0831. The molecule has 0 aliphatic carbocycles. The predicted octanol–water partition coefficient (Wildman–Crippen LogP) is 1.38. The number of pyridine rings is 1. The van der Waals surface area contributed by atoms with Gasteiger partial charge in [0.25, 0.3) is 0 Å². The summed E-state index contributed by atoms with van der Waals surface area (Å²) in [4.78, 5) is 18.4. The van der Waals surface area contributed by atoms with Crippen molar-refractivity contribution in [2.24, 2.45) is 5.73 Å². The molecule has 1 rings (SSSR count). The number of hydrogen-bond donors (Lipinski definition) is 1. The molecule has 94 valence electrons. The van der Waals surface area contributed by atoms with Crippen LogP contribution in [-0.4, -0.2) is 35.4 Å². The fraction of sp³-hybridized carbons (Fsp3) is 0.538. The van der Waals surface area contributed by atoms with Gasteiger partial charge in [-0.05, 0) is 38.9 Å². The number of carbonyl (C=O) groups excluding carboxylic acids is 1. The lowest BCUT2D eigenvalue weighted by Gasteiger charge is -2.24. The van der Waals surface area contributed by atoms with E-state index >= 15 is 0 Å². The topological polar surface area (TPSA) is 59.2 Å². The highest BCUT2D eigenvalue weighted by Gasteiger charge is 2.24. The van der Waals surface area contributed by atoms with Gasteiger partial charge in [-0.15, -0.1) is 0 Å². The van der Waals surface area contributed by atoms with Gasteiger partial charge >= 0.3 is 0 Å². The number of aromatic nitrogens is 1. The van der Waals surface area contributed by atoms with E-state index in [1.807, 2.05) is 36.9 Å². The molecule has 1 aromatic heterocycles. The third-order valence-electron chi connectivity index (χ3n) is 2.87. The maximum atomic E-state index is 12.3. The second kappa shape index (κ2) is 7.01. The van der Waals surface area contributed by atoms with Crippen molar-refractivity contribution in [2.75, 3.05) is 19.6 Å². The SMILES string of the molecule is CCN(CC)C(=O)C(CCN)c1ccccn1. The molecule has 1 heterocycles. The molecule has 2 N–H and O–H groups in total. The fourth-order valence-electron chi connectivity index (χ4n) is 1.90. The Bertz CT molecular complexity index is 336. The van der Waals surface area contributed by atoms with E-state index in [9.17, 15) is 4.79 Å². The van der Waals surface area contributed by atoms with Crippen molar-refractivity contribution in [1.29, 1.82) is 0 Å². The van der Waals surface area contributed by atoms with Crippen LogP contribution in [0.5, 0.6) is 0 Å². The van der Waals surface area contributed by atoms with Crippen LogP contribution in [0.4, 0.5) is 0 Å². The molecule has 1 atom stereocenters. The molecular formula is C13H21N3O. The Morgan fingerprint density at radius 3 is 2.59 bits per heavy atom. The molecule has 0 bridgehead atoms. The number of rotatable bonds is 6. The van der Waals surface area contributed by atoms with Crippen molar-refractivity contribution in [3.05, 3.63) is 30.1 Å². The zero-order valence-electron chi connectivity index (χ0n) is 10.6. The molecule has 0 radical (unpaired) electrons. The molecule has 4 nitrogen and oxygen atoms in total. The fourth-order valence-corrected chi connectivity index (χ4v) is 1.90. The number of likely N-dealkylation sites (N-methyl/N-ethyl adjacent to an activating group) is 1. The summed E-state index contributed by atoms with van der Waals surface area (Å²) in [5.41, 5.74) is 6.40. The minimum atomic E-state index is -0.207. The van der Waals surface area contributed by atoms with E-state index in [1.54, 1.807) is 6.20 Å². The van der Waals surface area contributed by atoms with Crippen LogP contribution in [0.25, 0.3) is 0 Å². The van der Waals surface area contributed by atoms with Crippen molar-refractivity contribution in [3.8, 4) is 0 Å². The largest absolute Gasteiger partial charge is 0.343 e. The maximum absolute atomic E-state index is 12.3. The van der Waals surface area contributed by atoms with Crippen LogP contribution < -0.4 is 5.73 Å². The Balaban J connectivity index is 2.89. The van der Waals surface area contributed by atoms with Gasteiger partial charge in [-0.1, -0.05) is 6.07 Å². The molecule has 0 aromatic carbocycles. The van der Waals surface area contributed by atoms with Crippen LogP contribution in [-0.2, 0) is 4.79 Å². The van der Waals surface area contributed by atoms with Gasteiger partial charge in [0.2, 0.25) is 5.91 Å². The van der Waals surface area contributed by atoms with Gasteiger partial charge < -0.3 is 10.6 Å². The first kappa shape index (κ1) is 13.6. The molecule has 4 heteroatoms. The molecule has 0 saturated carbocycles. The van der Waals surface area contributed by atoms with Gasteiger partial charge in [0, 0.05) is 19.3 Å². The molecular weight excluding hydrogens is 214 g/mol. The van der Waals surface area contributed by atoms with Gasteiger partial charge in [-0.3, -0.25) is 9.78 Å². The number of nitrogens with two attached hydrogens (primary N) is 1. The maximum Gasteiger partial charge on any atom is 0.231 e. The van der Waals surface area contributed by atoms with E-state index in [2.05, 4.69) is 4.98 Å². The average Bonchev–Trinajstić information content (AvgIpc) is 2.38. The van der Waals surface area contributed by atoms with Gasteiger partial charge in [0.1, 0.15) is 0 Å². The summed E-state index contributed by atoms with van der Waals surface area (Å²) in [6.07, 6.45) is 2.36. The Labute approximate surface area is 103 Å². The average molecular weight is 235 g/mol. The Hall–Kier alpha value is -1.42. The van der Waals surface area contributed by atoms with Gasteiger partial charge in [0.15, 0.2) is 0 Å². The minimum absolute atomic E-state index is 0.124. The summed E-state index contributed by atoms with van der Waals surface area (Å²) in [5, 5.41) is 0. The van der Waals surface area contributed by atoms with Crippen LogP contribution in [0.2, 0.25) is 0 Å². The summed E-state index contributed by atoms with van der Waals surface area (Å²) >= 11 is 0. The molecule has 0 aliphatic rings. The van der Waals surface area contributed by atoms with Crippen LogP contribution in [0, 0.1) is 0 Å². The first-order valence-corrected chi connectivity index (χ1v) is 6.14. The quantitative estimate of drug-likeness (QED) is 0.810. The van der Waals surface area contributed by atoms with Crippen molar-refractivity contribution < 1.29 is 4.79 Å². The third kappa shape index (κ3) is 3.53. The first-order valence-electron chi connectivity index (χ1n) is 6.14.